The highest BCUT2D eigenvalue weighted by Gasteiger charge is 2.37. The summed E-state index contributed by atoms with van der Waals surface area (Å²) >= 11 is 0. The molecule has 0 bridgehead atoms. The third-order valence-electron chi connectivity index (χ3n) is 9.03. The lowest BCUT2D eigenvalue weighted by Gasteiger charge is -2.27. The molecule has 45 heavy (non-hydrogen) atoms. The Bertz CT molecular complexity index is 693. The number of hydrogen-bond acceptors (Lipinski definition) is 12. The number of hydrogen-bond donors (Lipinski definition) is 1. The van der Waals surface area contributed by atoms with Gasteiger partial charge in [-0.15, -0.1) is 0 Å². The quantitative estimate of drug-likeness (QED) is 0.0894. The van der Waals surface area contributed by atoms with E-state index in [1.807, 2.05) is 0 Å². The summed E-state index contributed by atoms with van der Waals surface area (Å²) in [7, 11) is 13.8. The van der Waals surface area contributed by atoms with Gasteiger partial charge in [0.1, 0.15) is 0 Å². The molecule has 0 saturated carbocycles. The van der Waals surface area contributed by atoms with Crippen LogP contribution in [-0.2, 0) is 26.6 Å². The van der Waals surface area contributed by atoms with Gasteiger partial charge >= 0.3 is 17.6 Å². The second kappa shape index (κ2) is 25.0. The molecule has 0 radical (unpaired) electrons. The van der Waals surface area contributed by atoms with Crippen molar-refractivity contribution in [2.75, 3.05) is 143 Å². The molecular weight excluding hydrogens is 609 g/mol. The minimum atomic E-state index is -2.51. The fourth-order valence-corrected chi connectivity index (χ4v) is 9.53. The lowest BCUT2D eigenvalue weighted by atomic mass is 10.1. The van der Waals surface area contributed by atoms with Crippen LogP contribution in [0.25, 0.3) is 0 Å². The van der Waals surface area contributed by atoms with Crippen molar-refractivity contribution in [3.63, 3.8) is 0 Å². The van der Waals surface area contributed by atoms with Crippen LogP contribution in [0.3, 0.4) is 0 Å². The van der Waals surface area contributed by atoms with Gasteiger partial charge in [0, 0.05) is 80.4 Å². The van der Waals surface area contributed by atoms with Crippen molar-refractivity contribution in [2.45, 2.75) is 63.1 Å². The molecule has 1 rings (SSSR count). The molecule has 0 amide bonds. The van der Waals surface area contributed by atoms with Gasteiger partial charge in [0.2, 0.25) is 0 Å². The van der Waals surface area contributed by atoms with Crippen LogP contribution >= 0.6 is 0 Å². The molecule has 12 nitrogen and oxygen atoms in total. The van der Waals surface area contributed by atoms with Gasteiger partial charge in [-0.05, 0) is 119 Å². The molecule has 0 aromatic rings. The Kier molecular flexibility index (Phi) is 23.9. The van der Waals surface area contributed by atoms with Crippen LogP contribution in [0.5, 0.6) is 0 Å². The minimum absolute atomic E-state index is 0.526. The van der Waals surface area contributed by atoms with Crippen molar-refractivity contribution in [1.82, 2.24) is 29.8 Å². The van der Waals surface area contributed by atoms with Crippen LogP contribution in [0.2, 0.25) is 12.1 Å². The van der Waals surface area contributed by atoms with Gasteiger partial charge in [0.05, 0.1) is 6.67 Å². The summed E-state index contributed by atoms with van der Waals surface area (Å²) in [6.07, 6.45) is 8.00. The van der Waals surface area contributed by atoms with Crippen LogP contribution in [-0.4, -0.2) is 191 Å². The van der Waals surface area contributed by atoms with Crippen molar-refractivity contribution >= 4 is 17.6 Å². The molecule has 0 aliphatic carbocycles. The van der Waals surface area contributed by atoms with Gasteiger partial charge in [-0.25, -0.2) is 0 Å². The third kappa shape index (κ3) is 18.3. The van der Waals surface area contributed by atoms with Crippen molar-refractivity contribution in [2.24, 2.45) is 0 Å². The molecule has 1 heterocycles. The lowest BCUT2D eigenvalue weighted by Crippen LogP contribution is -2.43. The molecular formula is C31H72N6O6Si2. The monoisotopic (exact) mass is 681 g/mol. The molecule has 1 fully saturated rings. The SMILES string of the molecule is CO[Si](CCCNC(CCCN1CCN(CCCN(CCCN(C)C)CCC[Si](OC)(OC)OC)C1)CCN(C)C)(OC)OC. The maximum Gasteiger partial charge on any atom is 0.500 e. The van der Waals surface area contributed by atoms with E-state index in [1.165, 1.54) is 45.3 Å². The Morgan fingerprint density at radius 1 is 0.578 bits per heavy atom. The molecule has 1 unspecified atom stereocenters. The topological polar surface area (TPSA) is 83.6 Å². The summed E-state index contributed by atoms with van der Waals surface area (Å²) < 4.78 is 33.7. The van der Waals surface area contributed by atoms with Crippen molar-refractivity contribution in [3.8, 4) is 0 Å². The maximum atomic E-state index is 5.64. The Morgan fingerprint density at radius 3 is 1.60 bits per heavy atom. The molecule has 1 atom stereocenters. The van der Waals surface area contributed by atoms with E-state index in [-0.39, 0.29) is 0 Å². The first-order chi connectivity index (χ1) is 21.6. The van der Waals surface area contributed by atoms with Crippen LogP contribution in [0.4, 0.5) is 0 Å². The van der Waals surface area contributed by atoms with Crippen LogP contribution in [0.1, 0.15) is 44.9 Å². The molecule has 0 aromatic heterocycles. The molecule has 1 saturated heterocycles. The van der Waals surface area contributed by atoms with Crippen molar-refractivity contribution in [1.29, 1.82) is 0 Å². The van der Waals surface area contributed by atoms with Gasteiger partial charge in [0.15, 0.2) is 0 Å². The van der Waals surface area contributed by atoms with Crippen LogP contribution in [0.15, 0.2) is 0 Å². The van der Waals surface area contributed by atoms with Gasteiger partial charge in [0.25, 0.3) is 0 Å². The largest absolute Gasteiger partial charge is 0.500 e. The standard InChI is InChI=1S/C31H72N6O6Si2/c1-33(2)19-13-21-35(24-15-29-45(41-8,42-9)43-10)22-14-23-37-27-26-36(30-37)20-11-16-31(17-25-34(3)4)32-18-12-28-44(38-5,39-6)40-7/h31-32H,11-30H2,1-10H3. The van der Waals surface area contributed by atoms with E-state index >= 15 is 0 Å². The van der Waals surface area contributed by atoms with Crippen molar-refractivity contribution < 1.29 is 26.6 Å². The average molecular weight is 681 g/mol. The first-order valence-electron chi connectivity index (χ1n) is 17.1. The minimum Gasteiger partial charge on any atom is -0.377 e. The highest BCUT2D eigenvalue weighted by Crippen LogP contribution is 2.17. The van der Waals surface area contributed by atoms with E-state index in [4.69, 9.17) is 26.6 Å². The molecule has 270 valence electrons. The molecule has 1 aliphatic rings. The smallest absolute Gasteiger partial charge is 0.377 e. The Morgan fingerprint density at radius 2 is 1.07 bits per heavy atom. The average Bonchev–Trinajstić information content (AvgIpc) is 3.49. The van der Waals surface area contributed by atoms with E-state index in [2.05, 4.69) is 58.0 Å². The number of nitrogens with zero attached hydrogens (tertiary/aromatic N) is 5. The fraction of sp³-hybridized carbons (Fsp3) is 1.00. The Labute approximate surface area is 279 Å². The first-order valence-corrected chi connectivity index (χ1v) is 21.0. The van der Waals surface area contributed by atoms with Gasteiger partial charge in [-0.2, -0.15) is 0 Å². The predicted molar refractivity (Wildman–Crippen MR) is 189 cm³/mol. The molecule has 14 heteroatoms. The van der Waals surface area contributed by atoms with E-state index in [9.17, 15) is 0 Å². The summed E-state index contributed by atoms with van der Waals surface area (Å²) in [6, 6.07) is 2.21. The second-order valence-corrected chi connectivity index (χ2v) is 19.1. The zero-order valence-electron chi connectivity index (χ0n) is 30.9. The molecule has 0 spiro atoms. The summed E-state index contributed by atoms with van der Waals surface area (Å²) in [5, 5.41) is 3.82. The summed E-state index contributed by atoms with van der Waals surface area (Å²) in [5.41, 5.74) is 0. The predicted octanol–water partition coefficient (Wildman–Crippen LogP) is 2.43. The zero-order valence-corrected chi connectivity index (χ0v) is 32.9. The van der Waals surface area contributed by atoms with Crippen molar-refractivity contribution in [3.05, 3.63) is 0 Å². The van der Waals surface area contributed by atoms with Crippen LogP contribution < -0.4 is 5.32 Å². The maximum absolute atomic E-state index is 5.64. The van der Waals surface area contributed by atoms with E-state index < -0.39 is 17.6 Å². The highest BCUT2D eigenvalue weighted by atomic mass is 28.4. The summed E-state index contributed by atoms with van der Waals surface area (Å²) in [4.78, 5) is 12.5. The second-order valence-electron chi connectivity index (χ2n) is 12.9. The van der Waals surface area contributed by atoms with E-state index in [0.717, 1.165) is 83.8 Å². The molecule has 1 N–H and O–H groups in total. The third-order valence-corrected chi connectivity index (χ3v) is 14.7. The molecule has 1 aliphatic heterocycles. The summed E-state index contributed by atoms with van der Waals surface area (Å²) in [6.45, 7) is 12.3. The highest BCUT2D eigenvalue weighted by molar-refractivity contribution is 6.60. The number of nitrogens with one attached hydrogen (secondary N) is 1. The first kappa shape index (κ1) is 43.0. The van der Waals surface area contributed by atoms with Gasteiger partial charge in [-0.1, -0.05) is 0 Å². The van der Waals surface area contributed by atoms with Gasteiger partial charge in [-0.3, -0.25) is 9.80 Å². The fourth-order valence-electron chi connectivity index (χ4n) is 6.10. The number of rotatable bonds is 30. The van der Waals surface area contributed by atoms with Gasteiger partial charge < -0.3 is 46.6 Å². The van der Waals surface area contributed by atoms with E-state index in [1.54, 1.807) is 42.7 Å². The normalized spacial score (nSPS) is 16.2. The van der Waals surface area contributed by atoms with Crippen LogP contribution in [0, 0.1) is 0 Å². The Hall–Kier alpha value is -0.0462. The molecule has 0 aromatic carbocycles. The zero-order chi connectivity index (χ0) is 33.6. The van der Waals surface area contributed by atoms with E-state index in [0.29, 0.717) is 6.04 Å². The lowest BCUT2D eigenvalue weighted by molar-refractivity contribution is 0.121. The Balaban J connectivity index is 2.44. The summed E-state index contributed by atoms with van der Waals surface area (Å²) in [5.74, 6) is 0.